The summed E-state index contributed by atoms with van der Waals surface area (Å²) in [6.45, 7) is 0. The Morgan fingerprint density at radius 1 is 0.375 bits per heavy atom. The molecule has 0 N–H and O–H groups in total. The van der Waals surface area contributed by atoms with Gasteiger partial charge in [-0.1, -0.05) is 80.4 Å². The lowest BCUT2D eigenvalue weighted by atomic mass is 9.98. The topological polar surface area (TPSA) is 0 Å². The highest BCUT2D eigenvalue weighted by Gasteiger charge is 2.03. The molecule has 0 bridgehead atoms. The number of benzene rings is 4. The van der Waals surface area contributed by atoms with E-state index in [2.05, 4.69) is 117 Å². The fourth-order valence-electron chi connectivity index (χ4n) is 2.89. The summed E-state index contributed by atoms with van der Waals surface area (Å²) in [5.74, 6) is 0. The van der Waals surface area contributed by atoms with Crippen molar-refractivity contribution >= 4 is 42.6 Å². The largest absolute Gasteiger partial charge is 0.0537 e. The van der Waals surface area contributed by atoms with E-state index in [-0.39, 0.29) is 0 Å². The van der Waals surface area contributed by atoms with Crippen molar-refractivity contribution < 1.29 is 0 Å². The van der Waals surface area contributed by atoms with Crippen molar-refractivity contribution in [1.82, 2.24) is 0 Å². The normalized spacial score (nSPS) is 10.9. The zero-order valence-electron chi connectivity index (χ0n) is 12.8. The zero-order valence-corrected chi connectivity index (χ0v) is 16.0. The second-order valence-electron chi connectivity index (χ2n) is 5.79. The minimum absolute atomic E-state index is 1.10. The van der Waals surface area contributed by atoms with E-state index in [1.54, 1.807) is 0 Å². The molecule has 4 aromatic carbocycles. The Labute approximate surface area is 158 Å². The van der Waals surface area contributed by atoms with Crippen molar-refractivity contribution in [3.63, 3.8) is 0 Å². The molecular formula is C22H14Br2. The Morgan fingerprint density at radius 3 is 1.08 bits per heavy atom. The standard InChI is InChI=1S/C22H14Br2/c23-21-9-5-15(6-10-21)17-1-3-19-14-18(2-4-20(19)13-17)16-7-11-22(24)12-8-16/h1-14H. The highest BCUT2D eigenvalue weighted by Crippen LogP contribution is 2.29. The van der Waals surface area contributed by atoms with E-state index < -0.39 is 0 Å². The minimum Gasteiger partial charge on any atom is -0.0537 e. The van der Waals surface area contributed by atoms with Crippen molar-refractivity contribution in [2.45, 2.75) is 0 Å². The van der Waals surface area contributed by atoms with E-state index in [0.29, 0.717) is 0 Å². The molecule has 4 rings (SSSR count). The van der Waals surface area contributed by atoms with Gasteiger partial charge in [-0.25, -0.2) is 0 Å². The average Bonchev–Trinajstić information content (AvgIpc) is 2.62. The fraction of sp³-hybridized carbons (Fsp3) is 0. The number of rotatable bonds is 2. The molecule has 0 radical (unpaired) electrons. The highest BCUT2D eigenvalue weighted by atomic mass is 79.9. The quantitative estimate of drug-likeness (QED) is 0.301. The molecule has 2 heteroatoms. The third-order valence-corrected chi connectivity index (χ3v) is 5.25. The van der Waals surface area contributed by atoms with Gasteiger partial charge in [0, 0.05) is 8.95 Å². The van der Waals surface area contributed by atoms with Crippen LogP contribution in [0.4, 0.5) is 0 Å². The number of hydrogen-bond donors (Lipinski definition) is 0. The van der Waals surface area contributed by atoms with Crippen molar-refractivity contribution in [3.05, 3.63) is 93.9 Å². The summed E-state index contributed by atoms with van der Waals surface area (Å²) in [5.41, 5.74) is 4.95. The van der Waals surface area contributed by atoms with Crippen LogP contribution < -0.4 is 0 Å². The van der Waals surface area contributed by atoms with Gasteiger partial charge in [-0.05, 0) is 69.4 Å². The van der Waals surface area contributed by atoms with Crippen LogP contribution in [0.1, 0.15) is 0 Å². The van der Waals surface area contributed by atoms with Gasteiger partial charge in [0.1, 0.15) is 0 Å². The molecule has 0 fully saturated rings. The number of fused-ring (bicyclic) bond motifs is 1. The van der Waals surface area contributed by atoms with Gasteiger partial charge in [-0.2, -0.15) is 0 Å². The lowest BCUT2D eigenvalue weighted by Gasteiger charge is -2.07. The molecule has 0 amide bonds. The summed E-state index contributed by atoms with van der Waals surface area (Å²) < 4.78 is 2.21. The van der Waals surface area contributed by atoms with Crippen LogP contribution in [-0.4, -0.2) is 0 Å². The van der Waals surface area contributed by atoms with Gasteiger partial charge in [0.25, 0.3) is 0 Å². The van der Waals surface area contributed by atoms with Gasteiger partial charge >= 0.3 is 0 Å². The van der Waals surface area contributed by atoms with Gasteiger partial charge in [0.05, 0.1) is 0 Å². The van der Waals surface area contributed by atoms with Crippen LogP contribution in [0.5, 0.6) is 0 Å². The Balaban J connectivity index is 1.75. The van der Waals surface area contributed by atoms with Crippen molar-refractivity contribution in [2.75, 3.05) is 0 Å². The van der Waals surface area contributed by atoms with Crippen LogP contribution in [-0.2, 0) is 0 Å². The molecule has 0 nitrogen and oxygen atoms in total. The van der Waals surface area contributed by atoms with Crippen LogP contribution >= 0.6 is 31.9 Å². The molecular weight excluding hydrogens is 424 g/mol. The van der Waals surface area contributed by atoms with Crippen molar-refractivity contribution in [1.29, 1.82) is 0 Å². The van der Waals surface area contributed by atoms with Gasteiger partial charge < -0.3 is 0 Å². The summed E-state index contributed by atoms with van der Waals surface area (Å²) in [6.07, 6.45) is 0. The molecule has 0 unspecified atom stereocenters. The highest BCUT2D eigenvalue weighted by molar-refractivity contribution is 9.10. The molecule has 0 aliphatic carbocycles. The monoisotopic (exact) mass is 436 g/mol. The molecule has 116 valence electrons. The lowest BCUT2D eigenvalue weighted by Crippen LogP contribution is -1.82. The summed E-state index contributed by atoms with van der Waals surface area (Å²) in [7, 11) is 0. The first-order chi connectivity index (χ1) is 11.7. The summed E-state index contributed by atoms with van der Waals surface area (Å²) in [6, 6.07) is 30.2. The minimum atomic E-state index is 1.10. The molecule has 0 atom stereocenters. The number of hydrogen-bond acceptors (Lipinski definition) is 0. The molecule has 0 aliphatic rings. The molecule has 0 saturated heterocycles. The molecule has 0 aromatic heterocycles. The van der Waals surface area contributed by atoms with E-state index in [1.165, 1.54) is 33.0 Å². The van der Waals surface area contributed by atoms with Crippen LogP contribution in [0.15, 0.2) is 93.9 Å². The van der Waals surface area contributed by atoms with Gasteiger partial charge in [0.15, 0.2) is 0 Å². The molecule has 0 spiro atoms. The summed E-state index contributed by atoms with van der Waals surface area (Å²) >= 11 is 6.98. The van der Waals surface area contributed by atoms with E-state index in [1.807, 2.05) is 0 Å². The Hall–Kier alpha value is -1.90. The molecule has 24 heavy (non-hydrogen) atoms. The maximum Gasteiger partial charge on any atom is 0.0175 e. The third kappa shape index (κ3) is 3.17. The lowest BCUT2D eigenvalue weighted by molar-refractivity contribution is 1.60. The first-order valence-corrected chi connectivity index (χ1v) is 9.33. The smallest absolute Gasteiger partial charge is 0.0175 e. The predicted molar refractivity (Wildman–Crippen MR) is 110 cm³/mol. The average molecular weight is 438 g/mol. The SMILES string of the molecule is Brc1ccc(-c2ccc3cc(-c4ccc(Br)cc4)ccc3c2)cc1. The van der Waals surface area contributed by atoms with Gasteiger partial charge in [-0.3, -0.25) is 0 Å². The van der Waals surface area contributed by atoms with E-state index in [9.17, 15) is 0 Å². The second kappa shape index (κ2) is 6.54. The second-order valence-corrected chi connectivity index (χ2v) is 7.62. The zero-order chi connectivity index (χ0) is 16.5. The Bertz CT molecular complexity index is 915. The maximum absolute atomic E-state index is 3.49. The van der Waals surface area contributed by atoms with Crippen LogP contribution in [0.3, 0.4) is 0 Å². The van der Waals surface area contributed by atoms with Crippen molar-refractivity contribution in [3.8, 4) is 22.3 Å². The van der Waals surface area contributed by atoms with E-state index in [4.69, 9.17) is 0 Å². The summed E-state index contributed by atoms with van der Waals surface area (Å²) in [5, 5.41) is 2.52. The first kappa shape index (κ1) is 15.6. The van der Waals surface area contributed by atoms with Crippen LogP contribution in [0, 0.1) is 0 Å². The summed E-state index contributed by atoms with van der Waals surface area (Å²) in [4.78, 5) is 0. The van der Waals surface area contributed by atoms with E-state index >= 15 is 0 Å². The maximum atomic E-state index is 3.49. The fourth-order valence-corrected chi connectivity index (χ4v) is 3.42. The molecule has 0 saturated carbocycles. The Morgan fingerprint density at radius 2 is 0.708 bits per heavy atom. The molecule has 4 aromatic rings. The number of halogens is 2. The van der Waals surface area contributed by atoms with Crippen molar-refractivity contribution in [2.24, 2.45) is 0 Å². The predicted octanol–water partition coefficient (Wildman–Crippen LogP) is 7.70. The Kier molecular flexibility index (Phi) is 4.26. The first-order valence-electron chi connectivity index (χ1n) is 7.75. The van der Waals surface area contributed by atoms with Crippen LogP contribution in [0.2, 0.25) is 0 Å². The van der Waals surface area contributed by atoms with Crippen LogP contribution in [0.25, 0.3) is 33.0 Å². The van der Waals surface area contributed by atoms with Gasteiger partial charge in [-0.15, -0.1) is 0 Å². The third-order valence-electron chi connectivity index (χ3n) is 4.20. The molecule has 0 heterocycles. The van der Waals surface area contributed by atoms with Gasteiger partial charge in [0.2, 0.25) is 0 Å². The molecule has 0 aliphatic heterocycles. The van der Waals surface area contributed by atoms with E-state index in [0.717, 1.165) is 8.95 Å².